The van der Waals surface area contributed by atoms with Crippen LogP contribution in [0.3, 0.4) is 0 Å². The Labute approximate surface area is 197 Å². The maximum absolute atomic E-state index is 2.42. The molecule has 0 spiro atoms. The van der Waals surface area contributed by atoms with Crippen molar-refractivity contribution in [2.75, 3.05) is 0 Å². The normalized spacial score (nSPS) is 16.2. The van der Waals surface area contributed by atoms with Gasteiger partial charge in [-0.15, -0.1) is 0 Å². The number of rotatable bonds is 3. The quantitative estimate of drug-likeness (QED) is 0.345. The Bertz CT molecular complexity index is 1460. The molecule has 4 aromatic carbocycles. The van der Waals surface area contributed by atoms with Crippen molar-refractivity contribution in [2.24, 2.45) is 0 Å². The molecule has 1 heterocycles. The molecule has 2 aliphatic carbocycles. The minimum Gasteiger partial charge on any atom is -0.0801 e. The second kappa shape index (κ2) is 6.79. The third kappa shape index (κ3) is 2.46. The number of hydrogen-bond acceptors (Lipinski definition) is 0. The molecule has 0 bridgehead atoms. The molecule has 7 rings (SSSR count). The molecule has 3 aliphatic rings. The van der Waals surface area contributed by atoms with Crippen LogP contribution < -0.4 is 20.7 Å². The predicted octanol–water partition coefficient (Wildman–Crippen LogP) is 4.91. The molecule has 0 aromatic heterocycles. The first-order valence-electron chi connectivity index (χ1n) is 12.0. The second-order valence-electron chi connectivity index (χ2n) is 9.75. The van der Waals surface area contributed by atoms with E-state index in [1.807, 2.05) is 0 Å². The molecule has 0 saturated carbocycles. The first-order chi connectivity index (χ1) is 16.2. The van der Waals surface area contributed by atoms with Gasteiger partial charge in [-0.2, -0.15) is 0 Å². The molecule has 33 heavy (non-hydrogen) atoms. The van der Waals surface area contributed by atoms with E-state index in [1.54, 1.807) is 21.5 Å². The van der Waals surface area contributed by atoms with E-state index in [2.05, 4.69) is 111 Å². The van der Waals surface area contributed by atoms with Crippen LogP contribution in [0, 0.1) is 13.8 Å². The maximum Gasteiger partial charge on any atom is 0.180 e. The van der Waals surface area contributed by atoms with Crippen molar-refractivity contribution >= 4 is 34.4 Å². The minimum atomic E-state index is -2.16. The smallest absolute Gasteiger partial charge is 0.0801 e. The average molecular weight is 439 g/mol. The van der Waals surface area contributed by atoms with Crippen molar-refractivity contribution in [3.63, 3.8) is 0 Å². The fraction of sp³-hybridized carbons (Fsp3) is 0.125. The van der Waals surface area contributed by atoms with Crippen molar-refractivity contribution in [1.82, 2.24) is 0 Å². The van der Waals surface area contributed by atoms with Gasteiger partial charge in [-0.1, -0.05) is 103 Å². The monoisotopic (exact) mass is 438 g/mol. The van der Waals surface area contributed by atoms with E-state index in [-0.39, 0.29) is 0 Å². The highest BCUT2D eigenvalue weighted by atomic mass is 28.3. The van der Waals surface area contributed by atoms with Gasteiger partial charge in [-0.05, 0) is 86.4 Å². The summed E-state index contributed by atoms with van der Waals surface area (Å²) in [6.07, 6.45) is 8.99. The molecule has 0 nitrogen and oxygen atoms in total. The lowest BCUT2D eigenvalue weighted by Gasteiger charge is -2.17. The Morgan fingerprint density at radius 2 is 1.42 bits per heavy atom. The van der Waals surface area contributed by atoms with Crippen molar-refractivity contribution in [2.45, 2.75) is 26.7 Å². The fourth-order valence-electron chi connectivity index (χ4n) is 6.65. The van der Waals surface area contributed by atoms with Crippen molar-refractivity contribution in [1.29, 1.82) is 0 Å². The summed E-state index contributed by atoms with van der Waals surface area (Å²) in [5.41, 5.74) is 12.0. The first kappa shape index (κ1) is 19.1. The summed E-state index contributed by atoms with van der Waals surface area (Å²) in [5.74, 6) is 0. The maximum atomic E-state index is 2.42. The highest BCUT2D eigenvalue weighted by Gasteiger charge is 2.60. The van der Waals surface area contributed by atoms with Crippen LogP contribution in [0.15, 0.2) is 97.1 Å². The fourth-order valence-corrected chi connectivity index (χ4v) is 12.1. The topological polar surface area (TPSA) is 0 Å². The van der Waals surface area contributed by atoms with Gasteiger partial charge in [0.25, 0.3) is 0 Å². The van der Waals surface area contributed by atoms with Gasteiger partial charge in [0.05, 0.1) is 0 Å². The molecule has 4 aromatic rings. The predicted molar refractivity (Wildman–Crippen MR) is 143 cm³/mol. The molecule has 0 atom stereocenters. The molecule has 0 N–H and O–H groups in total. The van der Waals surface area contributed by atoms with E-state index < -0.39 is 8.07 Å². The van der Waals surface area contributed by atoms with Gasteiger partial charge in [0, 0.05) is 0 Å². The van der Waals surface area contributed by atoms with Crippen molar-refractivity contribution in [3.05, 3.63) is 125 Å². The van der Waals surface area contributed by atoms with Crippen LogP contribution in [0.2, 0.25) is 0 Å². The first-order valence-corrected chi connectivity index (χ1v) is 14.0. The van der Waals surface area contributed by atoms with Gasteiger partial charge < -0.3 is 0 Å². The third-order valence-electron chi connectivity index (χ3n) is 7.94. The van der Waals surface area contributed by atoms with Gasteiger partial charge in [-0.25, -0.2) is 0 Å². The number of fused-ring (bicyclic) bond motifs is 5. The van der Waals surface area contributed by atoms with Crippen molar-refractivity contribution < 1.29 is 0 Å². The minimum absolute atomic E-state index is 1.05. The summed E-state index contributed by atoms with van der Waals surface area (Å²) in [6.45, 7) is 4.63. The number of hydrogen-bond donors (Lipinski definition) is 0. The van der Waals surface area contributed by atoms with E-state index in [4.69, 9.17) is 0 Å². The van der Waals surface area contributed by atoms with Gasteiger partial charge >= 0.3 is 0 Å². The highest BCUT2D eigenvalue weighted by Crippen LogP contribution is 2.45. The molecule has 1 heteroatoms. The van der Waals surface area contributed by atoms with Crippen LogP contribution in [-0.4, -0.2) is 8.07 Å². The average Bonchev–Trinajstić information content (AvgIpc) is 3.11. The van der Waals surface area contributed by atoms with Gasteiger partial charge in [0.15, 0.2) is 8.07 Å². The van der Waals surface area contributed by atoms with E-state index in [0.717, 1.165) is 12.8 Å². The van der Waals surface area contributed by atoms with Crippen LogP contribution in [0.5, 0.6) is 0 Å². The van der Waals surface area contributed by atoms with Gasteiger partial charge in [0.2, 0.25) is 0 Å². The zero-order valence-electron chi connectivity index (χ0n) is 19.2. The number of allylic oxidation sites excluding steroid dienone is 4. The van der Waals surface area contributed by atoms with Gasteiger partial charge in [-0.3, -0.25) is 0 Å². The number of benzene rings is 4. The summed E-state index contributed by atoms with van der Waals surface area (Å²) in [6, 6.07) is 29.8. The van der Waals surface area contributed by atoms with Crippen molar-refractivity contribution in [3.8, 4) is 11.1 Å². The Kier molecular flexibility index (Phi) is 3.93. The van der Waals surface area contributed by atoms with Crippen LogP contribution in [0.4, 0.5) is 0 Å². The Morgan fingerprint density at radius 1 is 0.727 bits per heavy atom. The summed E-state index contributed by atoms with van der Waals surface area (Å²) < 4.78 is 0. The lowest BCUT2D eigenvalue weighted by atomic mass is 9.91. The highest BCUT2D eigenvalue weighted by molar-refractivity contribution is 7.33. The zero-order valence-corrected chi connectivity index (χ0v) is 20.2. The molecule has 158 valence electrons. The zero-order chi connectivity index (χ0) is 22.2. The van der Waals surface area contributed by atoms with Crippen LogP contribution >= 0.6 is 0 Å². The van der Waals surface area contributed by atoms with E-state index >= 15 is 0 Å². The Hall–Kier alpha value is -3.42. The molecular formula is C32H26Si. The van der Waals surface area contributed by atoms with Gasteiger partial charge in [0.1, 0.15) is 0 Å². The summed E-state index contributed by atoms with van der Waals surface area (Å²) in [7, 11) is -2.16. The lowest BCUT2D eigenvalue weighted by Crippen LogP contribution is -2.55. The Morgan fingerprint density at radius 3 is 2.06 bits per heavy atom. The molecule has 0 unspecified atom stereocenters. The lowest BCUT2D eigenvalue weighted by molar-refractivity contribution is 1.22. The van der Waals surface area contributed by atoms with Crippen LogP contribution in [0.1, 0.15) is 34.2 Å². The molecule has 0 saturated heterocycles. The molecule has 0 radical (unpaired) electrons. The Balaban J connectivity index is 1.60. The van der Waals surface area contributed by atoms with E-state index in [0.29, 0.717) is 0 Å². The summed E-state index contributed by atoms with van der Waals surface area (Å²) >= 11 is 0. The standard InChI is InChI=1S/C32H26Si/c1-21-17-18-27-24(19-21)20-28-29(23-11-9-10-12-23)22(2)31-32(30(27)28)33(31,25-13-5-3-6-14-25)26-15-7-4-8-16-26/h3-11,13-19H,12,20H2,1-2H3. The third-order valence-corrected chi connectivity index (χ3v) is 12.7. The van der Waals surface area contributed by atoms with Crippen LogP contribution in [-0.2, 0) is 6.42 Å². The molecule has 0 amide bonds. The summed E-state index contributed by atoms with van der Waals surface area (Å²) in [5, 5.41) is 6.38. The largest absolute Gasteiger partial charge is 0.180 e. The SMILES string of the molecule is Cc1ccc2c(c1)Cc1c(C3=CC=CC3)c(C)c3c(c1-2)[Si]3(c1ccccc1)c1ccccc1. The number of aryl methyl sites for hydroxylation is 1. The molecule has 0 fully saturated rings. The summed E-state index contributed by atoms with van der Waals surface area (Å²) in [4.78, 5) is 0. The van der Waals surface area contributed by atoms with E-state index in [9.17, 15) is 0 Å². The molecular weight excluding hydrogens is 412 g/mol. The second-order valence-corrected chi connectivity index (χ2v) is 13.4. The van der Waals surface area contributed by atoms with E-state index in [1.165, 1.54) is 43.8 Å². The molecule has 1 aliphatic heterocycles. The van der Waals surface area contributed by atoms with Crippen LogP contribution in [0.25, 0.3) is 16.7 Å².